The first-order chi connectivity index (χ1) is 16.2. The highest BCUT2D eigenvalue weighted by molar-refractivity contribution is 5.89. The van der Waals surface area contributed by atoms with E-state index in [9.17, 15) is 18.0 Å². The molecule has 1 amide bonds. The van der Waals surface area contributed by atoms with Crippen molar-refractivity contribution in [3.8, 4) is 11.6 Å². The van der Waals surface area contributed by atoms with Gasteiger partial charge in [0.15, 0.2) is 0 Å². The van der Waals surface area contributed by atoms with E-state index in [0.29, 0.717) is 11.6 Å². The van der Waals surface area contributed by atoms with Crippen LogP contribution in [0.3, 0.4) is 0 Å². The quantitative estimate of drug-likeness (QED) is 0.510. The summed E-state index contributed by atoms with van der Waals surface area (Å²) in [5.41, 5.74) is 2.53. The molecule has 2 aromatic heterocycles. The lowest BCUT2D eigenvalue weighted by Gasteiger charge is -2.26. The molecule has 1 aromatic carbocycles. The van der Waals surface area contributed by atoms with Crippen molar-refractivity contribution >= 4 is 11.5 Å². The monoisotopic (exact) mass is 472 g/mol. The summed E-state index contributed by atoms with van der Waals surface area (Å²) in [6, 6.07) is 9.53. The standard InChI is InChI=1S/C24H23F3N4O3/c1-14(16-6-9-19(10-7-16)29-22(32)23-31-30-15(2)33-23)17-4-3-5-20(12-17)34-21-11-8-18(13-28-21)24(25,26)27/h3-5,8,11-13,19H,6-7,9-10H2,1-2H3,(H,29,32). The number of amides is 1. The van der Waals surface area contributed by atoms with Gasteiger partial charge in [-0.05, 0) is 61.9 Å². The second kappa shape index (κ2) is 9.66. The number of hydrogen-bond acceptors (Lipinski definition) is 6. The van der Waals surface area contributed by atoms with Crippen molar-refractivity contribution in [1.29, 1.82) is 0 Å². The highest BCUT2D eigenvalue weighted by Gasteiger charge is 2.30. The highest BCUT2D eigenvalue weighted by Crippen LogP contribution is 2.33. The first-order valence-corrected chi connectivity index (χ1v) is 10.8. The van der Waals surface area contributed by atoms with E-state index >= 15 is 0 Å². The van der Waals surface area contributed by atoms with Crippen molar-refractivity contribution < 1.29 is 27.1 Å². The maximum Gasteiger partial charge on any atom is 0.417 e. The smallest absolute Gasteiger partial charge is 0.417 e. The van der Waals surface area contributed by atoms with Gasteiger partial charge in [-0.1, -0.05) is 17.7 Å². The van der Waals surface area contributed by atoms with Crippen LogP contribution in [0.4, 0.5) is 13.2 Å². The Kier molecular flexibility index (Phi) is 6.67. The van der Waals surface area contributed by atoms with Gasteiger partial charge in [0.05, 0.1) is 5.56 Å². The van der Waals surface area contributed by atoms with E-state index in [2.05, 4.69) is 20.5 Å². The number of allylic oxidation sites excluding steroid dienone is 2. The molecule has 1 aliphatic rings. The molecule has 3 aromatic rings. The molecule has 0 atom stereocenters. The molecular weight excluding hydrogens is 449 g/mol. The number of pyridine rings is 1. The number of alkyl halides is 3. The van der Waals surface area contributed by atoms with E-state index in [1.54, 1.807) is 13.0 Å². The summed E-state index contributed by atoms with van der Waals surface area (Å²) in [5, 5.41) is 10.4. The fourth-order valence-electron chi connectivity index (χ4n) is 3.85. The van der Waals surface area contributed by atoms with Crippen LogP contribution in [0.5, 0.6) is 11.6 Å². The van der Waals surface area contributed by atoms with Gasteiger partial charge >= 0.3 is 18.0 Å². The fourth-order valence-corrected chi connectivity index (χ4v) is 3.85. The molecule has 7 nitrogen and oxygen atoms in total. The zero-order chi connectivity index (χ0) is 24.3. The third-order valence-corrected chi connectivity index (χ3v) is 5.73. The zero-order valence-electron chi connectivity index (χ0n) is 18.6. The Bertz CT molecular complexity index is 1190. The van der Waals surface area contributed by atoms with E-state index in [4.69, 9.17) is 9.15 Å². The SMILES string of the molecule is CC(=C1CCC(NC(=O)c2nnc(C)o2)CC1)c1cccc(Oc2ccc(C(F)(F)F)cn2)c1. The van der Waals surface area contributed by atoms with Gasteiger partial charge in [-0.2, -0.15) is 13.2 Å². The minimum absolute atomic E-state index is 0.0247. The van der Waals surface area contributed by atoms with Gasteiger partial charge in [0.25, 0.3) is 0 Å². The molecule has 0 aliphatic heterocycles. The molecule has 0 bridgehead atoms. The Morgan fingerprint density at radius 3 is 2.53 bits per heavy atom. The van der Waals surface area contributed by atoms with Crippen molar-refractivity contribution in [2.45, 2.75) is 51.7 Å². The molecule has 1 aliphatic carbocycles. The lowest BCUT2D eigenvalue weighted by Crippen LogP contribution is -2.36. The Hall–Kier alpha value is -3.69. The number of aromatic nitrogens is 3. The van der Waals surface area contributed by atoms with Gasteiger partial charge in [0, 0.05) is 25.2 Å². The third-order valence-electron chi connectivity index (χ3n) is 5.73. The first kappa shape index (κ1) is 23.5. The van der Waals surface area contributed by atoms with Crippen LogP contribution in [0.15, 0.2) is 52.6 Å². The van der Waals surface area contributed by atoms with E-state index in [1.807, 2.05) is 25.1 Å². The molecule has 2 heterocycles. The lowest BCUT2D eigenvalue weighted by molar-refractivity contribution is -0.137. The van der Waals surface area contributed by atoms with Crippen molar-refractivity contribution in [2.24, 2.45) is 0 Å². The van der Waals surface area contributed by atoms with Crippen LogP contribution >= 0.6 is 0 Å². The molecule has 0 unspecified atom stereocenters. The summed E-state index contributed by atoms with van der Waals surface area (Å²) in [4.78, 5) is 16.0. The summed E-state index contributed by atoms with van der Waals surface area (Å²) in [6.07, 6.45) is -0.462. The van der Waals surface area contributed by atoms with Crippen LogP contribution < -0.4 is 10.1 Å². The summed E-state index contributed by atoms with van der Waals surface area (Å²) in [7, 11) is 0. The number of carbonyl (C=O) groups excluding carboxylic acids is 1. The predicted octanol–water partition coefficient (Wildman–Crippen LogP) is 5.73. The Labute approximate surface area is 194 Å². The average molecular weight is 472 g/mol. The largest absolute Gasteiger partial charge is 0.439 e. The Morgan fingerprint density at radius 1 is 1.15 bits per heavy atom. The second-order valence-corrected chi connectivity index (χ2v) is 8.12. The number of aryl methyl sites for hydroxylation is 1. The van der Waals surface area contributed by atoms with E-state index in [-0.39, 0.29) is 23.7 Å². The molecule has 0 spiro atoms. The summed E-state index contributed by atoms with van der Waals surface area (Å²) in [5.74, 6) is 0.518. The molecule has 178 valence electrons. The number of nitrogens with one attached hydrogen (secondary N) is 1. The maximum absolute atomic E-state index is 12.7. The zero-order valence-corrected chi connectivity index (χ0v) is 18.6. The first-order valence-electron chi connectivity index (χ1n) is 10.8. The number of nitrogens with zero attached hydrogens (tertiary/aromatic N) is 3. The Balaban J connectivity index is 1.38. The van der Waals surface area contributed by atoms with E-state index in [0.717, 1.165) is 49.1 Å². The summed E-state index contributed by atoms with van der Waals surface area (Å²) < 4.78 is 49.0. The fraction of sp³-hybridized carbons (Fsp3) is 0.333. The van der Waals surface area contributed by atoms with Gasteiger partial charge in [-0.25, -0.2) is 4.98 Å². The molecule has 34 heavy (non-hydrogen) atoms. The van der Waals surface area contributed by atoms with Gasteiger partial charge < -0.3 is 14.5 Å². The molecule has 1 N–H and O–H groups in total. The van der Waals surface area contributed by atoms with Gasteiger partial charge in [0.1, 0.15) is 5.75 Å². The van der Waals surface area contributed by atoms with Crippen LogP contribution in [0.2, 0.25) is 0 Å². The topological polar surface area (TPSA) is 90.1 Å². The van der Waals surface area contributed by atoms with Crippen LogP contribution in [0.25, 0.3) is 5.57 Å². The average Bonchev–Trinajstić information content (AvgIpc) is 3.25. The minimum atomic E-state index is -4.44. The van der Waals surface area contributed by atoms with Crippen LogP contribution in [0.1, 0.15) is 60.3 Å². The van der Waals surface area contributed by atoms with E-state index in [1.165, 1.54) is 11.6 Å². The van der Waals surface area contributed by atoms with Crippen molar-refractivity contribution in [3.05, 3.63) is 71.1 Å². The van der Waals surface area contributed by atoms with Crippen LogP contribution in [0, 0.1) is 6.92 Å². The molecular formula is C24H23F3N4O3. The maximum atomic E-state index is 12.7. The molecule has 1 saturated carbocycles. The van der Waals surface area contributed by atoms with Crippen LogP contribution in [-0.2, 0) is 6.18 Å². The van der Waals surface area contributed by atoms with Crippen molar-refractivity contribution in [3.63, 3.8) is 0 Å². The summed E-state index contributed by atoms with van der Waals surface area (Å²) in [6.45, 7) is 3.66. The minimum Gasteiger partial charge on any atom is -0.439 e. The number of halogens is 3. The van der Waals surface area contributed by atoms with Crippen molar-refractivity contribution in [2.75, 3.05) is 0 Å². The number of ether oxygens (including phenoxy) is 1. The highest BCUT2D eigenvalue weighted by atomic mass is 19.4. The molecule has 4 rings (SSSR count). The predicted molar refractivity (Wildman–Crippen MR) is 117 cm³/mol. The second-order valence-electron chi connectivity index (χ2n) is 8.12. The number of hydrogen-bond donors (Lipinski definition) is 1. The molecule has 10 heteroatoms. The number of benzene rings is 1. The molecule has 0 saturated heterocycles. The molecule has 1 fully saturated rings. The van der Waals surface area contributed by atoms with Crippen LogP contribution in [-0.4, -0.2) is 27.1 Å². The lowest BCUT2D eigenvalue weighted by atomic mass is 9.86. The van der Waals surface area contributed by atoms with Gasteiger partial charge in [-0.15, -0.1) is 10.2 Å². The van der Waals surface area contributed by atoms with Crippen molar-refractivity contribution in [1.82, 2.24) is 20.5 Å². The number of carbonyl (C=O) groups is 1. The third kappa shape index (κ3) is 5.62. The van der Waals surface area contributed by atoms with Gasteiger partial charge in [-0.3, -0.25) is 4.79 Å². The van der Waals surface area contributed by atoms with Gasteiger partial charge in [0.2, 0.25) is 11.8 Å². The Morgan fingerprint density at radius 2 is 1.91 bits per heavy atom. The molecule has 0 radical (unpaired) electrons. The number of rotatable bonds is 5. The van der Waals surface area contributed by atoms with E-state index < -0.39 is 11.7 Å². The normalized spacial score (nSPS) is 16.3. The summed E-state index contributed by atoms with van der Waals surface area (Å²) >= 11 is 0.